The average molecular weight is 369 g/mol. The molecule has 0 aliphatic rings. The molecule has 1 amide bonds. The lowest BCUT2D eigenvalue weighted by molar-refractivity contribution is 0.0282. The van der Waals surface area contributed by atoms with Crippen molar-refractivity contribution in [2.45, 2.75) is 18.9 Å². The van der Waals surface area contributed by atoms with E-state index in [1.807, 2.05) is 49.4 Å². The van der Waals surface area contributed by atoms with E-state index in [4.69, 9.17) is 22.1 Å². The number of benzene rings is 2. The van der Waals surface area contributed by atoms with Gasteiger partial charge >= 0.3 is 6.09 Å². The molecule has 5 heteroatoms. The third-order valence-corrected chi connectivity index (χ3v) is 4.11. The van der Waals surface area contributed by atoms with Gasteiger partial charge in [0, 0.05) is 15.9 Å². The van der Waals surface area contributed by atoms with Crippen LogP contribution in [0.25, 0.3) is 0 Å². The van der Waals surface area contributed by atoms with Gasteiger partial charge < -0.3 is 10.5 Å². The van der Waals surface area contributed by atoms with Crippen LogP contribution in [0.2, 0.25) is 5.02 Å². The van der Waals surface area contributed by atoms with Crippen LogP contribution in [0.15, 0.2) is 53.0 Å². The van der Waals surface area contributed by atoms with Crippen molar-refractivity contribution in [2.24, 2.45) is 5.73 Å². The van der Waals surface area contributed by atoms with Crippen molar-refractivity contribution in [3.63, 3.8) is 0 Å². The second-order valence-corrected chi connectivity index (χ2v) is 6.25. The van der Waals surface area contributed by atoms with Crippen LogP contribution < -0.4 is 5.73 Å². The highest BCUT2D eigenvalue weighted by Crippen LogP contribution is 2.33. The number of nitrogens with two attached hydrogens (primary N) is 1. The molecule has 0 aliphatic carbocycles. The van der Waals surface area contributed by atoms with Gasteiger partial charge in [-0.1, -0.05) is 57.9 Å². The molecule has 3 nitrogen and oxygen atoms in total. The van der Waals surface area contributed by atoms with Crippen molar-refractivity contribution < 1.29 is 9.53 Å². The van der Waals surface area contributed by atoms with Crippen molar-refractivity contribution in [3.05, 3.63) is 69.2 Å². The third-order valence-electron chi connectivity index (χ3n) is 3.25. The number of rotatable bonds is 4. The smallest absolute Gasteiger partial charge is 0.405 e. The number of amides is 1. The number of carbonyl (C=O) groups excluding carboxylic acids is 1. The third kappa shape index (κ3) is 3.99. The molecule has 1 atom stereocenters. The highest BCUT2D eigenvalue weighted by atomic mass is 79.9. The maximum atomic E-state index is 11.3. The van der Waals surface area contributed by atoms with E-state index >= 15 is 0 Å². The molecule has 21 heavy (non-hydrogen) atoms. The Kier molecular flexibility index (Phi) is 4.91. The van der Waals surface area contributed by atoms with Gasteiger partial charge in [-0.2, -0.15) is 0 Å². The van der Waals surface area contributed by atoms with Crippen molar-refractivity contribution in [1.29, 1.82) is 0 Å². The van der Waals surface area contributed by atoms with Crippen molar-refractivity contribution in [2.75, 3.05) is 0 Å². The quantitative estimate of drug-likeness (QED) is 0.853. The van der Waals surface area contributed by atoms with Crippen LogP contribution >= 0.6 is 27.5 Å². The Morgan fingerprint density at radius 1 is 1.29 bits per heavy atom. The molecule has 2 aromatic carbocycles. The molecule has 2 rings (SSSR count). The summed E-state index contributed by atoms with van der Waals surface area (Å²) in [6.07, 6.45) is -0.384. The minimum absolute atomic E-state index is 0.429. The zero-order valence-electron chi connectivity index (χ0n) is 11.5. The lowest BCUT2D eigenvalue weighted by atomic mass is 9.88. The summed E-state index contributed by atoms with van der Waals surface area (Å²) in [7, 11) is 0. The van der Waals surface area contributed by atoms with Crippen LogP contribution in [0.5, 0.6) is 0 Å². The van der Waals surface area contributed by atoms with E-state index in [-0.39, 0.29) is 0 Å². The van der Waals surface area contributed by atoms with Crippen LogP contribution in [-0.2, 0) is 16.8 Å². The first-order valence-electron chi connectivity index (χ1n) is 6.38. The van der Waals surface area contributed by atoms with Gasteiger partial charge in [0.1, 0.15) is 5.60 Å². The van der Waals surface area contributed by atoms with Gasteiger partial charge in [-0.15, -0.1) is 0 Å². The molecule has 0 fully saturated rings. The standard InChI is InChI=1S/C16H15BrClNO2/c1-16(21-15(19)20,12-5-3-2-4-6-12)10-11-9-13(17)7-8-14(11)18/h2-9H,10H2,1H3,(H2,19,20). The number of halogens is 2. The number of hydrogen-bond donors (Lipinski definition) is 1. The van der Waals surface area contributed by atoms with E-state index in [0.717, 1.165) is 15.6 Å². The van der Waals surface area contributed by atoms with E-state index in [2.05, 4.69) is 15.9 Å². The first-order chi connectivity index (χ1) is 9.90. The Labute approximate surface area is 137 Å². The van der Waals surface area contributed by atoms with Crippen LogP contribution in [-0.4, -0.2) is 6.09 Å². The molecule has 2 N–H and O–H groups in total. The highest BCUT2D eigenvalue weighted by molar-refractivity contribution is 9.10. The summed E-state index contributed by atoms with van der Waals surface area (Å²) >= 11 is 9.65. The fourth-order valence-electron chi connectivity index (χ4n) is 2.25. The molecule has 0 radical (unpaired) electrons. The Morgan fingerprint density at radius 3 is 2.57 bits per heavy atom. The molecule has 2 aromatic rings. The summed E-state index contributed by atoms with van der Waals surface area (Å²) in [6.45, 7) is 1.82. The van der Waals surface area contributed by atoms with Gasteiger partial charge in [0.15, 0.2) is 0 Å². The fourth-order valence-corrected chi connectivity index (χ4v) is 2.84. The first-order valence-corrected chi connectivity index (χ1v) is 7.56. The Hall–Kier alpha value is -1.52. The maximum Gasteiger partial charge on any atom is 0.405 e. The van der Waals surface area contributed by atoms with Crippen LogP contribution in [0, 0.1) is 0 Å². The Morgan fingerprint density at radius 2 is 1.95 bits per heavy atom. The van der Waals surface area contributed by atoms with Crippen LogP contribution in [0.3, 0.4) is 0 Å². The molecular weight excluding hydrogens is 354 g/mol. The predicted octanol–water partition coefficient (Wildman–Crippen LogP) is 4.66. The Balaban J connectivity index is 2.41. The molecule has 0 bridgehead atoms. The van der Waals surface area contributed by atoms with Gasteiger partial charge in [-0.3, -0.25) is 0 Å². The van der Waals surface area contributed by atoms with Crippen molar-refractivity contribution >= 4 is 33.6 Å². The van der Waals surface area contributed by atoms with Crippen LogP contribution in [0.4, 0.5) is 4.79 Å². The topological polar surface area (TPSA) is 52.3 Å². The highest BCUT2D eigenvalue weighted by Gasteiger charge is 2.31. The fraction of sp³-hybridized carbons (Fsp3) is 0.188. The molecule has 0 spiro atoms. The number of primary amides is 1. The largest absolute Gasteiger partial charge is 0.438 e. The van der Waals surface area contributed by atoms with Gasteiger partial charge in [0.2, 0.25) is 0 Å². The monoisotopic (exact) mass is 367 g/mol. The van der Waals surface area contributed by atoms with Gasteiger partial charge in [-0.05, 0) is 36.2 Å². The zero-order chi connectivity index (χ0) is 15.5. The number of hydrogen-bond acceptors (Lipinski definition) is 2. The summed E-state index contributed by atoms with van der Waals surface area (Å²) in [6, 6.07) is 15.1. The van der Waals surface area contributed by atoms with E-state index in [1.165, 1.54) is 0 Å². The van der Waals surface area contributed by atoms with Gasteiger partial charge in [0.25, 0.3) is 0 Å². The summed E-state index contributed by atoms with van der Waals surface area (Å²) in [5.74, 6) is 0. The molecule has 0 saturated heterocycles. The lowest BCUT2D eigenvalue weighted by Crippen LogP contribution is -2.34. The van der Waals surface area contributed by atoms with Gasteiger partial charge in [-0.25, -0.2) is 4.79 Å². The average Bonchev–Trinajstić information content (AvgIpc) is 2.43. The minimum atomic E-state index is -0.877. The molecule has 0 aliphatic heterocycles. The van der Waals surface area contributed by atoms with E-state index in [0.29, 0.717) is 11.4 Å². The Bertz CT molecular complexity index is 648. The summed E-state index contributed by atoms with van der Waals surface area (Å²) in [5.41, 5.74) is 6.09. The summed E-state index contributed by atoms with van der Waals surface area (Å²) in [4.78, 5) is 11.3. The SMILES string of the molecule is CC(Cc1cc(Br)ccc1Cl)(OC(N)=O)c1ccccc1. The molecule has 0 saturated carbocycles. The van der Waals surface area contributed by atoms with E-state index in [1.54, 1.807) is 6.07 Å². The summed E-state index contributed by atoms with van der Waals surface area (Å²) in [5, 5.41) is 0.619. The maximum absolute atomic E-state index is 11.3. The molecule has 110 valence electrons. The molecule has 0 heterocycles. The minimum Gasteiger partial charge on any atom is -0.438 e. The second-order valence-electron chi connectivity index (χ2n) is 4.93. The normalized spacial score (nSPS) is 13.5. The van der Waals surface area contributed by atoms with Crippen LogP contribution in [0.1, 0.15) is 18.1 Å². The summed E-state index contributed by atoms with van der Waals surface area (Å²) < 4.78 is 6.30. The van der Waals surface area contributed by atoms with E-state index < -0.39 is 11.7 Å². The van der Waals surface area contributed by atoms with Crippen molar-refractivity contribution in [1.82, 2.24) is 0 Å². The lowest BCUT2D eigenvalue weighted by Gasteiger charge is -2.30. The predicted molar refractivity (Wildman–Crippen MR) is 87.3 cm³/mol. The second kappa shape index (κ2) is 6.50. The molecule has 1 unspecified atom stereocenters. The molecular formula is C16H15BrClNO2. The number of ether oxygens (including phenoxy) is 1. The first kappa shape index (κ1) is 15.9. The van der Waals surface area contributed by atoms with Crippen molar-refractivity contribution in [3.8, 4) is 0 Å². The zero-order valence-corrected chi connectivity index (χ0v) is 13.8. The van der Waals surface area contributed by atoms with Gasteiger partial charge in [0.05, 0.1) is 0 Å². The van der Waals surface area contributed by atoms with E-state index in [9.17, 15) is 4.79 Å². The number of carbonyl (C=O) groups is 1. The molecule has 0 aromatic heterocycles.